The van der Waals surface area contributed by atoms with Crippen LogP contribution in [0.1, 0.15) is 35.9 Å². The van der Waals surface area contributed by atoms with Gasteiger partial charge in [0.15, 0.2) is 0 Å². The molecule has 0 bridgehead atoms. The molecule has 0 saturated carbocycles. The average Bonchev–Trinajstić information content (AvgIpc) is 2.88. The maximum Gasteiger partial charge on any atom is 0.257 e. The van der Waals surface area contributed by atoms with Crippen LogP contribution in [-0.2, 0) is 4.79 Å². The number of hydrogen-bond donors (Lipinski definition) is 2. The quantitative estimate of drug-likeness (QED) is 0.679. The van der Waals surface area contributed by atoms with Crippen LogP contribution in [0.25, 0.3) is 0 Å². The smallest absolute Gasteiger partial charge is 0.257 e. The summed E-state index contributed by atoms with van der Waals surface area (Å²) in [6.45, 7) is 6.40. The molecule has 2 N–H and O–H groups in total. The minimum Gasteiger partial charge on any atom is -0.469 e. The van der Waals surface area contributed by atoms with Crippen molar-refractivity contribution in [2.45, 2.75) is 26.7 Å². The number of hydrogen-bond acceptors (Lipinski definition) is 3. The van der Waals surface area contributed by atoms with Gasteiger partial charge in [-0.1, -0.05) is 6.92 Å². The molecule has 0 spiro atoms. The average molecular weight is 310 g/mol. The second kappa shape index (κ2) is 9.25. The second-order valence-electron chi connectivity index (χ2n) is 5.74. The first-order valence-corrected chi connectivity index (χ1v) is 7.84. The van der Waals surface area contributed by atoms with Gasteiger partial charge in [0.1, 0.15) is 5.76 Å². The van der Waals surface area contributed by atoms with Crippen LogP contribution >= 0.6 is 0 Å². The predicted octanol–water partition coefficient (Wildman–Crippen LogP) is 0.0910. The number of carbonyl (C=O) groups excluding carboxylic acids is 2. The summed E-state index contributed by atoms with van der Waals surface area (Å²) in [4.78, 5) is 27.3. The van der Waals surface area contributed by atoms with Crippen LogP contribution in [0.5, 0.6) is 0 Å². The van der Waals surface area contributed by atoms with Crippen LogP contribution in [0.2, 0.25) is 0 Å². The van der Waals surface area contributed by atoms with E-state index in [4.69, 9.17) is 4.42 Å². The van der Waals surface area contributed by atoms with E-state index in [1.807, 2.05) is 21.0 Å². The normalized spacial score (nSPS) is 10.8. The molecule has 0 fully saturated rings. The van der Waals surface area contributed by atoms with Gasteiger partial charge in [-0.05, 0) is 19.4 Å². The van der Waals surface area contributed by atoms with E-state index in [1.165, 1.54) is 11.2 Å². The standard InChI is InChI=1S/C16H27N3O3/c1-5-9-19(16(21)14-7-12-22-13(14)2)10-6-15(20)17-8-11-18(3)4/h7,12H,5-6,8-11H2,1-4H3,(H,17,20)/p+1. The van der Waals surface area contributed by atoms with Crippen LogP contribution in [0.3, 0.4) is 0 Å². The van der Waals surface area contributed by atoms with Crippen molar-refractivity contribution in [3.63, 3.8) is 0 Å². The molecule has 0 saturated heterocycles. The van der Waals surface area contributed by atoms with Crippen molar-refractivity contribution in [3.05, 3.63) is 23.7 Å². The number of likely N-dealkylation sites (N-methyl/N-ethyl adjacent to an activating group) is 1. The largest absolute Gasteiger partial charge is 0.469 e. The third-order valence-corrected chi connectivity index (χ3v) is 3.43. The number of aryl methyl sites for hydroxylation is 1. The number of amides is 2. The van der Waals surface area contributed by atoms with E-state index in [9.17, 15) is 9.59 Å². The lowest BCUT2D eigenvalue weighted by atomic mass is 10.2. The van der Waals surface area contributed by atoms with Crippen molar-refractivity contribution >= 4 is 11.8 Å². The molecule has 1 rings (SSSR count). The molecule has 0 aliphatic carbocycles. The third-order valence-electron chi connectivity index (χ3n) is 3.43. The minimum atomic E-state index is -0.0707. The molecular formula is C16H28N3O3+. The van der Waals surface area contributed by atoms with Crippen molar-refractivity contribution in [1.29, 1.82) is 0 Å². The monoisotopic (exact) mass is 310 g/mol. The molecule has 22 heavy (non-hydrogen) atoms. The fourth-order valence-electron chi connectivity index (χ4n) is 2.14. The Labute approximate surface area is 132 Å². The summed E-state index contributed by atoms with van der Waals surface area (Å²) in [5.74, 6) is 0.530. The fraction of sp³-hybridized carbons (Fsp3) is 0.625. The topological polar surface area (TPSA) is 67.0 Å². The molecule has 1 aromatic rings. The van der Waals surface area contributed by atoms with E-state index in [1.54, 1.807) is 17.9 Å². The highest BCUT2D eigenvalue weighted by atomic mass is 16.3. The summed E-state index contributed by atoms with van der Waals surface area (Å²) in [5, 5.41) is 2.88. The number of nitrogens with zero attached hydrogens (tertiary/aromatic N) is 1. The maximum atomic E-state index is 12.5. The molecule has 6 nitrogen and oxygen atoms in total. The van der Waals surface area contributed by atoms with Crippen molar-refractivity contribution in [1.82, 2.24) is 10.2 Å². The number of nitrogens with one attached hydrogen (secondary N) is 2. The molecule has 1 heterocycles. The van der Waals surface area contributed by atoms with Crippen molar-refractivity contribution in [2.75, 3.05) is 40.3 Å². The maximum absolute atomic E-state index is 12.5. The van der Waals surface area contributed by atoms with Crippen molar-refractivity contribution in [2.24, 2.45) is 0 Å². The van der Waals surface area contributed by atoms with Crippen molar-refractivity contribution in [3.8, 4) is 0 Å². The van der Waals surface area contributed by atoms with E-state index >= 15 is 0 Å². The van der Waals surface area contributed by atoms with Gasteiger partial charge < -0.3 is 19.5 Å². The summed E-state index contributed by atoms with van der Waals surface area (Å²) < 4.78 is 5.19. The predicted molar refractivity (Wildman–Crippen MR) is 84.9 cm³/mol. The molecular weight excluding hydrogens is 282 g/mol. The lowest BCUT2D eigenvalue weighted by molar-refractivity contribution is -0.856. The highest BCUT2D eigenvalue weighted by Gasteiger charge is 2.19. The Morgan fingerprint density at radius 3 is 2.59 bits per heavy atom. The van der Waals surface area contributed by atoms with E-state index < -0.39 is 0 Å². The zero-order valence-corrected chi connectivity index (χ0v) is 14.1. The molecule has 124 valence electrons. The van der Waals surface area contributed by atoms with Crippen LogP contribution < -0.4 is 10.2 Å². The lowest BCUT2D eigenvalue weighted by Crippen LogP contribution is -3.06. The van der Waals surface area contributed by atoms with Gasteiger partial charge >= 0.3 is 0 Å². The molecule has 1 aromatic heterocycles. The summed E-state index contributed by atoms with van der Waals surface area (Å²) in [5.41, 5.74) is 0.574. The van der Waals surface area contributed by atoms with E-state index in [-0.39, 0.29) is 11.8 Å². The Morgan fingerprint density at radius 1 is 1.32 bits per heavy atom. The lowest BCUT2D eigenvalue weighted by Gasteiger charge is -2.21. The fourth-order valence-corrected chi connectivity index (χ4v) is 2.14. The van der Waals surface area contributed by atoms with Gasteiger partial charge in [-0.2, -0.15) is 0 Å². The van der Waals surface area contributed by atoms with Crippen LogP contribution in [0.15, 0.2) is 16.7 Å². The second-order valence-corrected chi connectivity index (χ2v) is 5.74. The van der Waals surface area contributed by atoms with Gasteiger partial charge in [-0.15, -0.1) is 0 Å². The zero-order chi connectivity index (χ0) is 16.5. The van der Waals surface area contributed by atoms with Gasteiger partial charge in [-0.25, -0.2) is 0 Å². The molecule has 0 aromatic carbocycles. The van der Waals surface area contributed by atoms with Crippen molar-refractivity contribution < 1.29 is 18.9 Å². The van der Waals surface area contributed by atoms with Crippen LogP contribution in [-0.4, -0.2) is 57.0 Å². The SMILES string of the molecule is CCCN(CCC(=O)NCC[NH+](C)C)C(=O)c1ccoc1C. The first kappa shape index (κ1) is 18.2. The highest BCUT2D eigenvalue weighted by Crippen LogP contribution is 2.12. The Kier molecular flexibility index (Phi) is 7.66. The van der Waals surface area contributed by atoms with Gasteiger partial charge in [0.2, 0.25) is 5.91 Å². The van der Waals surface area contributed by atoms with Gasteiger partial charge in [0, 0.05) is 19.5 Å². The Bertz CT molecular complexity index is 483. The van der Waals surface area contributed by atoms with Crippen LogP contribution in [0, 0.1) is 6.92 Å². The Hall–Kier alpha value is -1.82. The van der Waals surface area contributed by atoms with Gasteiger partial charge in [-0.3, -0.25) is 9.59 Å². The molecule has 6 heteroatoms. The number of rotatable bonds is 9. The first-order chi connectivity index (χ1) is 10.5. The highest BCUT2D eigenvalue weighted by molar-refractivity contribution is 5.95. The third kappa shape index (κ3) is 5.89. The number of quaternary nitrogens is 1. The summed E-state index contributed by atoms with van der Waals surface area (Å²) in [6.07, 6.45) is 2.70. The van der Waals surface area contributed by atoms with E-state index in [2.05, 4.69) is 5.32 Å². The molecule has 0 radical (unpaired) electrons. The first-order valence-electron chi connectivity index (χ1n) is 7.84. The number of furan rings is 1. The van der Waals surface area contributed by atoms with Gasteiger partial charge in [0.25, 0.3) is 5.91 Å². The number of carbonyl (C=O) groups is 2. The zero-order valence-electron chi connectivity index (χ0n) is 14.1. The molecule has 0 unspecified atom stereocenters. The minimum absolute atomic E-state index is 0.0148. The molecule has 2 amide bonds. The van der Waals surface area contributed by atoms with E-state index in [0.29, 0.717) is 37.4 Å². The molecule has 0 atom stereocenters. The Morgan fingerprint density at radius 2 is 2.05 bits per heavy atom. The summed E-state index contributed by atoms with van der Waals surface area (Å²) in [7, 11) is 4.09. The van der Waals surface area contributed by atoms with Gasteiger partial charge in [0.05, 0.1) is 39.0 Å². The Balaban J connectivity index is 2.49. The molecule has 0 aliphatic rings. The molecule has 0 aliphatic heterocycles. The van der Waals surface area contributed by atoms with Crippen LogP contribution in [0.4, 0.5) is 0 Å². The summed E-state index contributed by atoms with van der Waals surface area (Å²) in [6, 6.07) is 1.68. The summed E-state index contributed by atoms with van der Waals surface area (Å²) >= 11 is 0. The van der Waals surface area contributed by atoms with E-state index in [0.717, 1.165) is 13.0 Å².